The second-order valence-corrected chi connectivity index (χ2v) is 5.55. The van der Waals surface area contributed by atoms with Gasteiger partial charge in [0.1, 0.15) is 5.37 Å². The van der Waals surface area contributed by atoms with E-state index in [1.54, 1.807) is 23.1 Å². The maximum absolute atomic E-state index is 11.7. The average molecular weight is 239 g/mol. The van der Waals surface area contributed by atoms with Gasteiger partial charge in [-0.3, -0.25) is 4.79 Å². The Labute approximate surface area is 98.0 Å². The van der Waals surface area contributed by atoms with Gasteiger partial charge in [0, 0.05) is 6.54 Å². The number of rotatable bonds is 3. The van der Waals surface area contributed by atoms with Crippen LogP contribution in [-0.4, -0.2) is 23.1 Å². The van der Waals surface area contributed by atoms with Gasteiger partial charge in [-0.15, -0.1) is 11.8 Å². The number of thiophene rings is 1. The first-order valence-electron chi connectivity index (χ1n) is 4.76. The fraction of sp³-hybridized carbons (Fsp3) is 0.364. The topological polar surface area (TPSA) is 20.3 Å². The molecule has 2 nitrogen and oxygen atoms in total. The molecule has 0 radical (unpaired) electrons. The molecular weight excluding hydrogens is 226 g/mol. The van der Waals surface area contributed by atoms with E-state index in [0.717, 1.165) is 5.57 Å². The van der Waals surface area contributed by atoms with Crippen LogP contribution in [0.4, 0.5) is 0 Å². The molecule has 0 aliphatic carbocycles. The number of nitrogens with zero attached hydrogens (tertiary/aromatic N) is 1. The van der Waals surface area contributed by atoms with Crippen molar-refractivity contribution in [2.45, 2.75) is 12.3 Å². The lowest BCUT2D eigenvalue weighted by Crippen LogP contribution is -2.29. The molecule has 1 aromatic heterocycles. The van der Waals surface area contributed by atoms with Crippen LogP contribution in [0, 0.1) is 0 Å². The van der Waals surface area contributed by atoms with E-state index in [9.17, 15) is 4.79 Å². The van der Waals surface area contributed by atoms with Crippen LogP contribution in [0.25, 0.3) is 0 Å². The lowest BCUT2D eigenvalue weighted by atomic mass is 10.2. The average Bonchev–Trinajstić information content (AvgIpc) is 2.76. The fourth-order valence-electron chi connectivity index (χ4n) is 1.61. The van der Waals surface area contributed by atoms with Gasteiger partial charge in [-0.05, 0) is 29.3 Å². The minimum Gasteiger partial charge on any atom is -0.322 e. The molecule has 15 heavy (non-hydrogen) atoms. The SMILES string of the molecule is C=C(C)CN1C(=O)CSC1c1ccsc1. The van der Waals surface area contributed by atoms with Crippen LogP contribution >= 0.6 is 23.1 Å². The Hall–Kier alpha value is -0.740. The standard InChI is InChI=1S/C11H13NOS2/c1-8(2)5-12-10(13)7-15-11(12)9-3-4-14-6-9/h3-4,6,11H,1,5,7H2,2H3. The molecule has 0 saturated carbocycles. The first kappa shape index (κ1) is 10.8. The zero-order valence-corrected chi connectivity index (χ0v) is 10.2. The number of amides is 1. The van der Waals surface area contributed by atoms with E-state index >= 15 is 0 Å². The maximum atomic E-state index is 11.7. The summed E-state index contributed by atoms with van der Waals surface area (Å²) in [5.41, 5.74) is 2.27. The van der Waals surface area contributed by atoms with E-state index in [4.69, 9.17) is 0 Å². The third-order valence-corrected chi connectivity index (χ3v) is 4.19. The molecule has 1 aliphatic rings. The summed E-state index contributed by atoms with van der Waals surface area (Å²) >= 11 is 3.38. The molecule has 2 heterocycles. The van der Waals surface area contributed by atoms with Crippen molar-refractivity contribution in [3.8, 4) is 0 Å². The lowest BCUT2D eigenvalue weighted by Gasteiger charge is -2.23. The fourth-order valence-corrected chi connectivity index (χ4v) is 3.55. The summed E-state index contributed by atoms with van der Waals surface area (Å²) in [7, 11) is 0. The van der Waals surface area contributed by atoms with Crippen molar-refractivity contribution in [1.82, 2.24) is 4.90 Å². The first-order chi connectivity index (χ1) is 7.18. The summed E-state index contributed by atoms with van der Waals surface area (Å²) < 4.78 is 0. The Balaban J connectivity index is 2.18. The molecule has 2 rings (SSSR count). The van der Waals surface area contributed by atoms with Gasteiger partial charge in [0.05, 0.1) is 5.75 Å². The van der Waals surface area contributed by atoms with E-state index in [-0.39, 0.29) is 11.3 Å². The Morgan fingerprint density at radius 2 is 2.53 bits per heavy atom. The highest BCUT2D eigenvalue weighted by atomic mass is 32.2. The van der Waals surface area contributed by atoms with Gasteiger partial charge in [0.15, 0.2) is 0 Å². The summed E-state index contributed by atoms with van der Waals surface area (Å²) in [6, 6.07) is 2.09. The van der Waals surface area contributed by atoms with Crippen molar-refractivity contribution < 1.29 is 4.79 Å². The zero-order chi connectivity index (χ0) is 10.8. The van der Waals surface area contributed by atoms with Crippen molar-refractivity contribution in [1.29, 1.82) is 0 Å². The van der Waals surface area contributed by atoms with Crippen molar-refractivity contribution in [2.24, 2.45) is 0 Å². The monoisotopic (exact) mass is 239 g/mol. The van der Waals surface area contributed by atoms with Gasteiger partial charge < -0.3 is 4.90 Å². The highest BCUT2D eigenvalue weighted by Gasteiger charge is 2.32. The van der Waals surface area contributed by atoms with Crippen LogP contribution in [0.3, 0.4) is 0 Å². The molecule has 1 amide bonds. The number of carbonyl (C=O) groups excluding carboxylic acids is 1. The lowest BCUT2D eigenvalue weighted by molar-refractivity contribution is -0.127. The van der Waals surface area contributed by atoms with E-state index < -0.39 is 0 Å². The minimum absolute atomic E-state index is 0.195. The Bertz CT molecular complexity index is 372. The van der Waals surface area contributed by atoms with Crippen LogP contribution in [0.1, 0.15) is 17.9 Å². The Morgan fingerprint density at radius 1 is 1.73 bits per heavy atom. The summed E-state index contributed by atoms with van der Waals surface area (Å²) in [6.45, 7) is 6.50. The highest BCUT2D eigenvalue weighted by Crippen LogP contribution is 2.39. The van der Waals surface area contributed by atoms with Crippen LogP contribution < -0.4 is 0 Å². The number of thioether (sulfide) groups is 1. The maximum Gasteiger partial charge on any atom is 0.234 e. The summed E-state index contributed by atoms with van der Waals surface area (Å²) in [6.07, 6.45) is 0. The molecule has 1 fully saturated rings. The van der Waals surface area contributed by atoms with Crippen molar-refractivity contribution in [2.75, 3.05) is 12.3 Å². The molecule has 0 bridgehead atoms. The number of hydrogen-bond donors (Lipinski definition) is 0. The summed E-state index contributed by atoms with van der Waals surface area (Å²) in [4.78, 5) is 13.6. The van der Waals surface area contributed by atoms with E-state index in [1.807, 2.05) is 11.8 Å². The second-order valence-electron chi connectivity index (χ2n) is 3.70. The number of hydrogen-bond acceptors (Lipinski definition) is 3. The minimum atomic E-state index is 0.195. The van der Waals surface area contributed by atoms with Crippen LogP contribution in [0.5, 0.6) is 0 Å². The molecular formula is C11H13NOS2. The molecule has 1 saturated heterocycles. The molecule has 0 N–H and O–H groups in total. The predicted molar refractivity (Wildman–Crippen MR) is 66.0 cm³/mol. The van der Waals surface area contributed by atoms with Crippen molar-refractivity contribution in [3.05, 3.63) is 34.5 Å². The van der Waals surface area contributed by atoms with Gasteiger partial charge in [-0.1, -0.05) is 12.2 Å². The third-order valence-electron chi connectivity index (χ3n) is 2.24. The molecule has 1 aromatic rings. The van der Waals surface area contributed by atoms with E-state index in [0.29, 0.717) is 12.3 Å². The van der Waals surface area contributed by atoms with Crippen molar-refractivity contribution >= 4 is 29.0 Å². The number of carbonyl (C=O) groups is 1. The van der Waals surface area contributed by atoms with Crippen LogP contribution in [-0.2, 0) is 4.79 Å². The molecule has 80 valence electrons. The predicted octanol–water partition coefficient (Wildman–Crippen LogP) is 2.90. The Morgan fingerprint density at radius 3 is 3.13 bits per heavy atom. The van der Waals surface area contributed by atoms with Crippen molar-refractivity contribution in [3.63, 3.8) is 0 Å². The molecule has 4 heteroatoms. The van der Waals surface area contributed by atoms with Gasteiger partial charge >= 0.3 is 0 Å². The molecule has 1 atom stereocenters. The first-order valence-corrected chi connectivity index (χ1v) is 6.75. The van der Waals surface area contributed by atoms with Crippen LogP contribution in [0.2, 0.25) is 0 Å². The van der Waals surface area contributed by atoms with Gasteiger partial charge in [0.2, 0.25) is 5.91 Å². The summed E-state index contributed by atoms with van der Waals surface area (Å²) in [5.74, 6) is 0.813. The van der Waals surface area contributed by atoms with Gasteiger partial charge in [0.25, 0.3) is 0 Å². The van der Waals surface area contributed by atoms with Gasteiger partial charge in [-0.25, -0.2) is 0 Å². The normalized spacial score (nSPS) is 21.0. The Kier molecular flexibility index (Phi) is 3.17. The molecule has 1 unspecified atom stereocenters. The third kappa shape index (κ3) is 2.26. The highest BCUT2D eigenvalue weighted by molar-refractivity contribution is 8.00. The van der Waals surface area contributed by atoms with Gasteiger partial charge in [-0.2, -0.15) is 11.3 Å². The molecule has 0 spiro atoms. The molecule has 0 aromatic carbocycles. The zero-order valence-electron chi connectivity index (χ0n) is 8.60. The van der Waals surface area contributed by atoms with E-state index in [2.05, 4.69) is 23.4 Å². The quantitative estimate of drug-likeness (QED) is 0.756. The largest absolute Gasteiger partial charge is 0.322 e. The van der Waals surface area contributed by atoms with Crippen LogP contribution in [0.15, 0.2) is 29.0 Å². The smallest absolute Gasteiger partial charge is 0.234 e. The second kappa shape index (κ2) is 4.41. The van der Waals surface area contributed by atoms with E-state index in [1.165, 1.54) is 5.56 Å². The molecule has 1 aliphatic heterocycles. The summed E-state index contributed by atoms with van der Waals surface area (Å²) in [5, 5.41) is 4.36.